The molecule has 3 rings (SSSR count). The fraction of sp³-hybridized carbons (Fsp3) is 0.381. The van der Waals surface area contributed by atoms with E-state index < -0.39 is 0 Å². The highest BCUT2D eigenvalue weighted by atomic mass is 15.2. The van der Waals surface area contributed by atoms with Gasteiger partial charge in [-0.25, -0.2) is 4.98 Å². The summed E-state index contributed by atoms with van der Waals surface area (Å²) in [6.45, 7) is 12.9. The second kappa shape index (κ2) is 6.43. The molecule has 4 nitrogen and oxygen atoms in total. The van der Waals surface area contributed by atoms with Crippen LogP contribution in [0.25, 0.3) is 5.65 Å². The van der Waals surface area contributed by atoms with Crippen molar-refractivity contribution in [2.24, 2.45) is 10.2 Å². The number of pyridine rings is 1. The van der Waals surface area contributed by atoms with Crippen LogP contribution in [0.3, 0.4) is 0 Å². The molecule has 1 aromatic carbocycles. The maximum Gasteiger partial charge on any atom is 0.183 e. The maximum absolute atomic E-state index is 4.80. The molecule has 2 aromatic heterocycles. The highest BCUT2D eigenvalue weighted by Crippen LogP contribution is 2.33. The number of fused-ring (bicyclic) bond motifs is 1. The van der Waals surface area contributed by atoms with E-state index in [2.05, 4.69) is 76.0 Å². The fourth-order valence-electron chi connectivity index (χ4n) is 2.76. The van der Waals surface area contributed by atoms with Crippen molar-refractivity contribution >= 4 is 17.2 Å². The molecule has 0 bridgehead atoms. The lowest BCUT2D eigenvalue weighted by atomic mass is 9.92. The molecule has 0 amide bonds. The van der Waals surface area contributed by atoms with Crippen LogP contribution in [0.5, 0.6) is 0 Å². The van der Waals surface area contributed by atoms with Gasteiger partial charge in [0.2, 0.25) is 0 Å². The van der Waals surface area contributed by atoms with E-state index in [1.54, 1.807) is 0 Å². The summed E-state index contributed by atoms with van der Waals surface area (Å²) in [6, 6.07) is 12.4. The first-order valence-electron chi connectivity index (χ1n) is 8.76. The number of azo groups is 1. The zero-order valence-electron chi connectivity index (χ0n) is 15.9. The van der Waals surface area contributed by atoms with E-state index in [1.807, 2.05) is 22.7 Å². The molecule has 0 unspecified atom stereocenters. The van der Waals surface area contributed by atoms with E-state index in [1.165, 1.54) is 11.1 Å². The van der Waals surface area contributed by atoms with Gasteiger partial charge < -0.3 is 0 Å². The van der Waals surface area contributed by atoms with Crippen molar-refractivity contribution in [3.8, 4) is 0 Å². The molecular weight excluding hydrogens is 308 g/mol. The minimum Gasteiger partial charge on any atom is -0.283 e. The number of hydrogen-bond acceptors (Lipinski definition) is 3. The quantitative estimate of drug-likeness (QED) is 0.505. The maximum atomic E-state index is 4.80. The average Bonchev–Trinajstić information content (AvgIpc) is 2.91. The molecule has 0 radical (unpaired) electrons. The van der Waals surface area contributed by atoms with E-state index in [9.17, 15) is 0 Å². The van der Waals surface area contributed by atoms with Gasteiger partial charge in [0.25, 0.3) is 0 Å². The molecule has 25 heavy (non-hydrogen) atoms. The van der Waals surface area contributed by atoms with Crippen molar-refractivity contribution in [2.45, 2.75) is 52.9 Å². The van der Waals surface area contributed by atoms with Gasteiger partial charge in [-0.3, -0.25) is 4.40 Å². The van der Waals surface area contributed by atoms with Gasteiger partial charge >= 0.3 is 0 Å². The molecule has 0 saturated heterocycles. The van der Waals surface area contributed by atoms with Gasteiger partial charge in [-0.1, -0.05) is 46.8 Å². The van der Waals surface area contributed by atoms with Crippen LogP contribution in [0.15, 0.2) is 52.8 Å². The number of aryl methyl sites for hydroxylation is 1. The molecule has 4 heteroatoms. The average molecular weight is 334 g/mol. The normalized spacial score (nSPS) is 12.6. The third-order valence-corrected chi connectivity index (χ3v) is 4.29. The summed E-state index contributed by atoms with van der Waals surface area (Å²) in [5, 5.41) is 9.02. The second-order valence-electron chi connectivity index (χ2n) is 7.91. The zero-order chi connectivity index (χ0) is 18.2. The molecule has 0 N–H and O–H groups in total. The molecule has 0 saturated carbocycles. The van der Waals surface area contributed by atoms with Crippen molar-refractivity contribution < 1.29 is 0 Å². The van der Waals surface area contributed by atoms with Crippen LogP contribution in [0.4, 0.5) is 11.5 Å². The minimum absolute atomic E-state index is 0.101. The van der Waals surface area contributed by atoms with Crippen LogP contribution in [-0.2, 0) is 5.41 Å². The first-order valence-corrected chi connectivity index (χ1v) is 8.76. The highest BCUT2D eigenvalue weighted by molar-refractivity contribution is 5.55. The molecule has 3 aromatic rings. The van der Waals surface area contributed by atoms with Crippen molar-refractivity contribution in [1.82, 2.24) is 9.38 Å². The zero-order valence-corrected chi connectivity index (χ0v) is 15.9. The first-order chi connectivity index (χ1) is 11.8. The Morgan fingerprint density at radius 2 is 1.68 bits per heavy atom. The summed E-state index contributed by atoms with van der Waals surface area (Å²) in [5.41, 5.74) is 5.11. The monoisotopic (exact) mass is 334 g/mol. The summed E-state index contributed by atoms with van der Waals surface area (Å²) < 4.78 is 2.01. The Kier molecular flexibility index (Phi) is 4.46. The predicted molar refractivity (Wildman–Crippen MR) is 103 cm³/mol. The topological polar surface area (TPSA) is 42.0 Å². The van der Waals surface area contributed by atoms with Gasteiger partial charge in [0, 0.05) is 11.6 Å². The van der Waals surface area contributed by atoms with Crippen LogP contribution in [-0.4, -0.2) is 9.38 Å². The smallest absolute Gasteiger partial charge is 0.183 e. The van der Waals surface area contributed by atoms with E-state index in [4.69, 9.17) is 4.98 Å². The van der Waals surface area contributed by atoms with E-state index in [0.29, 0.717) is 5.92 Å². The van der Waals surface area contributed by atoms with Crippen molar-refractivity contribution in [2.75, 3.05) is 0 Å². The van der Waals surface area contributed by atoms with Gasteiger partial charge in [-0.15, -0.1) is 10.2 Å². The third-order valence-electron chi connectivity index (χ3n) is 4.29. The summed E-state index contributed by atoms with van der Waals surface area (Å²) >= 11 is 0. The molecule has 0 aliphatic heterocycles. The largest absolute Gasteiger partial charge is 0.283 e. The number of benzene rings is 1. The molecular formula is C21H26N4. The van der Waals surface area contributed by atoms with Crippen LogP contribution >= 0.6 is 0 Å². The Hall–Kier alpha value is -2.49. The van der Waals surface area contributed by atoms with Gasteiger partial charge in [0.1, 0.15) is 5.65 Å². The molecule has 0 aliphatic carbocycles. The van der Waals surface area contributed by atoms with Crippen molar-refractivity contribution in [1.29, 1.82) is 0 Å². The lowest BCUT2D eigenvalue weighted by Crippen LogP contribution is -2.11. The summed E-state index contributed by atoms with van der Waals surface area (Å²) in [5.74, 6) is 1.32. The van der Waals surface area contributed by atoms with Gasteiger partial charge in [0.05, 0.1) is 11.4 Å². The first kappa shape index (κ1) is 17.3. The van der Waals surface area contributed by atoms with Crippen LogP contribution in [0.2, 0.25) is 0 Å². The number of nitrogens with zero attached hydrogens (tertiary/aromatic N) is 4. The van der Waals surface area contributed by atoms with Crippen LogP contribution < -0.4 is 0 Å². The lowest BCUT2D eigenvalue weighted by Gasteiger charge is -2.15. The number of hydrogen-bond donors (Lipinski definition) is 0. The summed E-state index contributed by atoms with van der Waals surface area (Å²) in [4.78, 5) is 4.80. The molecule has 130 valence electrons. The molecule has 0 fully saturated rings. The van der Waals surface area contributed by atoms with Crippen LogP contribution in [0, 0.1) is 6.92 Å². The molecule has 0 aliphatic rings. The Labute approximate surface area is 149 Å². The summed E-state index contributed by atoms with van der Waals surface area (Å²) in [7, 11) is 0. The molecule has 0 spiro atoms. The fourth-order valence-corrected chi connectivity index (χ4v) is 2.76. The number of rotatable bonds is 3. The Morgan fingerprint density at radius 1 is 1.00 bits per heavy atom. The molecule has 0 atom stereocenters. The Bertz CT molecular complexity index is 909. The van der Waals surface area contributed by atoms with Crippen molar-refractivity contribution in [3.05, 3.63) is 59.4 Å². The van der Waals surface area contributed by atoms with Gasteiger partial charge in [0.15, 0.2) is 5.82 Å². The van der Waals surface area contributed by atoms with Gasteiger partial charge in [-0.05, 0) is 48.2 Å². The SMILES string of the molecule is Cc1ccn2c(N=Nc3ccc(C(C)C)cc3)c(C(C)(C)C)nc2c1. The number of aromatic nitrogens is 2. The van der Waals surface area contributed by atoms with E-state index >= 15 is 0 Å². The number of imidazole rings is 1. The Balaban J connectivity index is 2.04. The van der Waals surface area contributed by atoms with E-state index in [0.717, 1.165) is 22.8 Å². The lowest BCUT2D eigenvalue weighted by molar-refractivity contribution is 0.574. The third kappa shape index (κ3) is 3.63. The van der Waals surface area contributed by atoms with E-state index in [-0.39, 0.29) is 5.41 Å². The van der Waals surface area contributed by atoms with Crippen molar-refractivity contribution in [3.63, 3.8) is 0 Å². The highest BCUT2D eigenvalue weighted by Gasteiger charge is 2.24. The second-order valence-corrected chi connectivity index (χ2v) is 7.91. The van der Waals surface area contributed by atoms with Gasteiger partial charge in [-0.2, -0.15) is 0 Å². The Morgan fingerprint density at radius 3 is 2.28 bits per heavy atom. The molecule has 2 heterocycles. The van der Waals surface area contributed by atoms with Crippen LogP contribution in [0.1, 0.15) is 57.4 Å². The summed E-state index contributed by atoms with van der Waals surface area (Å²) in [6.07, 6.45) is 2.02. The predicted octanol–water partition coefficient (Wildman–Crippen LogP) is 6.48. The standard InChI is InChI=1S/C21H26N4/c1-14(2)16-7-9-17(10-8-16)23-24-20-19(21(4,5)6)22-18-13-15(3)11-12-25(18)20/h7-14H,1-6H3. The minimum atomic E-state index is -0.101.